The Bertz CT molecular complexity index is 244. The zero-order valence-corrected chi connectivity index (χ0v) is 11.9. The highest BCUT2D eigenvalue weighted by atomic mass is 16.4. The zero-order valence-electron chi connectivity index (χ0n) is 11.9. The Labute approximate surface area is 110 Å². The molecular formula is C12H28N4O2. The van der Waals surface area contributed by atoms with Gasteiger partial charge in [-0.2, -0.15) is 0 Å². The van der Waals surface area contributed by atoms with E-state index in [4.69, 9.17) is 10.8 Å². The number of carbonyl (C=O) groups is 1. The van der Waals surface area contributed by atoms with Crippen LogP contribution in [0.2, 0.25) is 0 Å². The third-order valence-corrected chi connectivity index (χ3v) is 3.50. The van der Waals surface area contributed by atoms with E-state index in [2.05, 4.69) is 22.9 Å². The second kappa shape index (κ2) is 8.42. The molecule has 6 N–H and O–H groups in total. The van der Waals surface area contributed by atoms with E-state index in [1.54, 1.807) is 0 Å². The summed E-state index contributed by atoms with van der Waals surface area (Å²) >= 11 is 0. The maximum absolute atomic E-state index is 10.7. The topological polar surface area (TPSA) is 99.4 Å². The van der Waals surface area contributed by atoms with Crippen LogP contribution in [0.25, 0.3) is 0 Å². The third-order valence-electron chi connectivity index (χ3n) is 3.50. The zero-order chi connectivity index (χ0) is 14.2. The number of hydrogen-bond acceptors (Lipinski definition) is 5. The Morgan fingerprint density at radius 1 is 1.33 bits per heavy atom. The molecule has 2 atom stereocenters. The summed E-state index contributed by atoms with van der Waals surface area (Å²) < 4.78 is 0. The van der Waals surface area contributed by atoms with E-state index < -0.39 is 5.97 Å². The standard InChI is InChI=1S/C12H28N4O2/c1-9(14-2)5-6-12(15-3,16-4)8-10(13)7-11(17)18/h9-10,14-16H,5-8,13H2,1-4H3,(H,17,18). The van der Waals surface area contributed by atoms with E-state index in [9.17, 15) is 4.79 Å². The average Bonchev–Trinajstić information content (AvgIpc) is 2.33. The molecule has 0 spiro atoms. The summed E-state index contributed by atoms with van der Waals surface area (Å²) in [5.74, 6) is -0.854. The van der Waals surface area contributed by atoms with Gasteiger partial charge in [-0.05, 0) is 47.3 Å². The fourth-order valence-corrected chi connectivity index (χ4v) is 2.03. The Morgan fingerprint density at radius 3 is 2.28 bits per heavy atom. The Balaban J connectivity index is 4.45. The normalized spacial score (nSPS) is 15.4. The summed E-state index contributed by atoms with van der Waals surface area (Å²) in [7, 11) is 5.67. The first kappa shape index (κ1) is 17.3. The molecule has 0 saturated carbocycles. The van der Waals surface area contributed by atoms with Crippen LogP contribution in [0.1, 0.15) is 32.6 Å². The van der Waals surface area contributed by atoms with Crippen molar-refractivity contribution in [3.8, 4) is 0 Å². The molecule has 2 unspecified atom stereocenters. The van der Waals surface area contributed by atoms with Crippen LogP contribution in [0.4, 0.5) is 0 Å². The molecule has 0 aromatic heterocycles. The number of hydrogen-bond donors (Lipinski definition) is 5. The lowest BCUT2D eigenvalue weighted by molar-refractivity contribution is -0.137. The third kappa shape index (κ3) is 6.30. The number of carboxylic acid groups (broad SMARTS) is 1. The van der Waals surface area contributed by atoms with Gasteiger partial charge in [0, 0.05) is 12.1 Å². The number of carboxylic acids is 1. The molecule has 0 aromatic rings. The van der Waals surface area contributed by atoms with E-state index in [0.717, 1.165) is 12.8 Å². The molecule has 0 aliphatic carbocycles. The number of aliphatic carboxylic acids is 1. The number of nitrogens with one attached hydrogen (secondary N) is 3. The van der Waals surface area contributed by atoms with Crippen molar-refractivity contribution in [2.75, 3.05) is 21.1 Å². The van der Waals surface area contributed by atoms with Gasteiger partial charge in [0.25, 0.3) is 0 Å². The van der Waals surface area contributed by atoms with E-state index in [0.29, 0.717) is 12.5 Å². The number of rotatable bonds is 10. The molecule has 0 saturated heterocycles. The first-order valence-corrected chi connectivity index (χ1v) is 6.41. The van der Waals surface area contributed by atoms with Gasteiger partial charge in [0.15, 0.2) is 0 Å². The fourth-order valence-electron chi connectivity index (χ4n) is 2.03. The fraction of sp³-hybridized carbons (Fsp3) is 0.917. The first-order chi connectivity index (χ1) is 8.39. The van der Waals surface area contributed by atoms with Crippen molar-refractivity contribution in [1.29, 1.82) is 0 Å². The monoisotopic (exact) mass is 260 g/mol. The van der Waals surface area contributed by atoms with Gasteiger partial charge in [-0.25, -0.2) is 0 Å². The lowest BCUT2D eigenvalue weighted by atomic mass is 9.92. The average molecular weight is 260 g/mol. The molecule has 0 radical (unpaired) electrons. The van der Waals surface area contributed by atoms with Gasteiger partial charge in [-0.15, -0.1) is 0 Å². The maximum atomic E-state index is 10.7. The molecule has 0 fully saturated rings. The van der Waals surface area contributed by atoms with E-state index in [1.807, 2.05) is 21.1 Å². The van der Waals surface area contributed by atoms with Crippen LogP contribution < -0.4 is 21.7 Å². The van der Waals surface area contributed by atoms with Crippen LogP contribution in [-0.4, -0.2) is 50.0 Å². The maximum Gasteiger partial charge on any atom is 0.304 e. The summed E-state index contributed by atoms with van der Waals surface area (Å²) in [5, 5.41) is 18.4. The highest BCUT2D eigenvalue weighted by Gasteiger charge is 2.29. The van der Waals surface area contributed by atoms with Gasteiger partial charge < -0.3 is 26.8 Å². The summed E-state index contributed by atoms with van der Waals surface area (Å²) in [6.07, 6.45) is 2.45. The minimum absolute atomic E-state index is 0.00725. The molecule has 18 heavy (non-hydrogen) atoms. The molecule has 0 bridgehead atoms. The van der Waals surface area contributed by atoms with Crippen LogP contribution in [0.15, 0.2) is 0 Å². The largest absolute Gasteiger partial charge is 0.481 e. The van der Waals surface area contributed by atoms with Crippen LogP contribution in [-0.2, 0) is 4.79 Å². The summed E-state index contributed by atoms with van der Waals surface area (Å²) in [6, 6.07) is 0.0639. The van der Waals surface area contributed by atoms with Gasteiger partial charge >= 0.3 is 5.97 Å². The molecule has 0 aromatic carbocycles. The minimum atomic E-state index is -0.854. The van der Waals surface area contributed by atoms with Gasteiger partial charge in [0.05, 0.1) is 12.1 Å². The Kier molecular flexibility index (Phi) is 8.10. The number of nitrogens with two attached hydrogens (primary N) is 1. The second-order valence-corrected chi connectivity index (χ2v) is 4.87. The minimum Gasteiger partial charge on any atom is -0.481 e. The molecule has 108 valence electrons. The van der Waals surface area contributed by atoms with Crippen molar-refractivity contribution in [1.82, 2.24) is 16.0 Å². The molecule has 6 nitrogen and oxygen atoms in total. The predicted octanol–water partition coefficient (Wildman–Crippen LogP) is -0.298. The summed E-state index contributed by atoms with van der Waals surface area (Å²) in [5.41, 5.74) is 5.57. The smallest absolute Gasteiger partial charge is 0.304 e. The van der Waals surface area contributed by atoms with Gasteiger partial charge in [0.2, 0.25) is 0 Å². The molecule has 0 aliphatic heterocycles. The van der Waals surface area contributed by atoms with E-state index in [-0.39, 0.29) is 18.1 Å². The Morgan fingerprint density at radius 2 is 1.89 bits per heavy atom. The van der Waals surface area contributed by atoms with Gasteiger partial charge in [-0.1, -0.05) is 0 Å². The van der Waals surface area contributed by atoms with E-state index in [1.165, 1.54) is 0 Å². The molecule has 0 amide bonds. The molecule has 6 heteroatoms. The van der Waals surface area contributed by atoms with Crippen molar-refractivity contribution in [3.05, 3.63) is 0 Å². The molecule has 0 aliphatic rings. The van der Waals surface area contributed by atoms with Crippen LogP contribution >= 0.6 is 0 Å². The van der Waals surface area contributed by atoms with Crippen molar-refractivity contribution < 1.29 is 9.90 Å². The van der Waals surface area contributed by atoms with Gasteiger partial charge in [-0.3, -0.25) is 4.79 Å². The Hall–Kier alpha value is -0.690. The highest BCUT2D eigenvalue weighted by Crippen LogP contribution is 2.17. The quantitative estimate of drug-likeness (QED) is 0.346. The second-order valence-electron chi connectivity index (χ2n) is 4.87. The van der Waals surface area contributed by atoms with Gasteiger partial charge in [0.1, 0.15) is 0 Å². The molecular weight excluding hydrogens is 232 g/mol. The lowest BCUT2D eigenvalue weighted by Gasteiger charge is -2.36. The van der Waals surface area contributed by atoms with Crippen molar-refractivity contribution in [2.45, 2.75) is 50.4 Å². The first-order valence-electron chi connectivity index (χ1n) is 6.41. The summed E-state index contributed by atoms with van der Waals surface area (Å²) in [6.45, 7) is 2.12. The van der Waals surface area contributed by atoms with Crippen LogP contribution in [0, 0.1) is 0 Å². The predicted molar refractivity (Wildman–Crippen MR) is 73.5 cm³/mol. The molecule has 0 rings (SSSR count). The highest BCUT2D eigenvalue weighted by molar-refractivity contribution is 5.67. The van der Waals surface area contributed by atoms with Crippen molar-refractivity contribution >= 4 is 5.97 Å². The van der Waals surface area contributed by atoms with E-state index >= 15 is 0 Å². The summed E-state index contributed by atoms with van der Waals surface area (Å²) in [4.78, 5) is 10.7. The van der Waals surface area contributed by atoms with Crippen molar-refractivity contribution in [2.24, 2.45) is 5.73 Å². The van der Waals surface area contributed by atoms with Crippen molar-refractivity contribution in [3.63, 3.8) is 0 Å². The van der Waals surface area contributed by atoms with Crippen LogP contribution in [0.3, 0.4) is 0 Å². The molecule has 0 heterocycles. The SMILES string of the molecule is CNC(C)CCC(CC(N)CC(=O)O)(NC)NC. The van der Waals surface area contributed by atoms with Crippen LogP contribution in [0.5, 0.6) is 0 Å². The lowest BCUT2D eigenvalue weighted by Crippen LogP contribution is -2.57.